The van der Waals surface area contributed by atoms with E-state index in [1.54, 1.807) is 6.26 Å². The van der Waals surface area contributed by atoms with E-state index in [1.165, 1.54) is 0 Å². The third kappa shape index (κ3) is 3.00. The topological polar surface area (TPSA) is 62.5 Å². The maximum absolute atomic E-state index is 12.7. The minimum absolute atomic E-state index is 0.0990. The molecule has 24 heavy (non-hydrogen) atoms. The van der Waals surface area contributed by atoms with Gasteiger partial charge in [0.1, 0.15) is 5.76 Å². The molecule has 0 unspecified atom stereocenters. The first-order chi connectivity index (χ1) is 11.7. The monoisotopic (exact) mass is 326 g/mol. The predicted molar refractivity (Wildman–Crippen MR) is 89.7 cm³/mol. The Morgan fingerprint density at radius 1 is 1.17 bits per heavy atom. The van der Waals surface area contributed by atoms with Gasteiger partial charge in [-0.3, -0.25) is 4.79 Å². The average molecular weight is 326 g/mol. The molecule has 1 aliphatic carbocycles. The Bertz CT molecular complexity index is 698. The summed E-state index contributed by atoms with van der Waals surface area (Å²) in [5.74, 6) is 2.49. The Kier molecular flexibility index (Phi) is 3.96. The van der Waals surface area contributed by atoms with Crippen molar-refractivity contribution in [1.29, 1.82) is 0 Å². The van der Waals surface area contributed by atoms with Crippen molar-refractivity contribution in [2.24, 2.45) is 5.92 Å². The Labute approximate surface area is 141 Å². The second-order valence-electron chi connectivity index (χ2n) is 6.66. The van der Waals surface area contributed by atoms with Crippen LogP contribution in [-0.4, -0.2) is 47.2 Å². The van der Waals surface area contributed by atoms with Crippen LogP contribution in [0.25, 0.3) is 0 Å². The molecule has 1 aliphatic heterocycles. The first-order valence-corrected chi connectivity index (χ1v) is 8.60. The first-order valence-electron chi connectivity index (χ1n) is 8.60. The van der Waals surface area contributed by atoms with E-state index in [1.807, 2.05) is 36.1 Å². The van der Waals surface area contributed by atoms with E-state index in [9.17, 15) is 4.79 Å². The number of hydrogen-bond acceptors (Lipinski definition) is 5. The lowest BCUT2D eigenvalue weighted by Gasteiger charge is -2.22. The fourth-order valence-corrected chi connectivity index (χ4v) is 3.45. The molecule has 0 bridgehead atoms. The maximum atomic E-state index is 12.7. The van der Waals surface area contributed by atoms with Crippen LogP contribution in [0.15, 0.2) is 34.9 Å². The van der Waals surface area contributed by atoms with E-state index >= 15 is 0 Å². The summed E-state index contributed by atoms with van der Waals surface area (Å²) < 4.78 is 5.44. The number of furan rings is 1. The minimum Gasteiger partial charge on any atom is -0.469 e. The van der Waals surface area contributed by atoms with Crippen LogP contribution >= 0.6 is 0 Å². The third-order valence-electron chi connectivity index (χ3n) is 4.93. The van der Waals surface area contributed by atoms with Gasteiger partial charge in [0.2, 0.25) is 5.91 Å². The van der Waals surface area contributed by atoms with Crippen LogP contribution < -0.4 is 4.90 Å². The van der Waals surface area contributed by atoms with Crippen molar-refractivity contribution < 1.29 is 9.21 Å². The van der Waals surface area contributed by atoms with Gasteiger partial charge in [-0.05, 0) is 44.0 Å². The van der Waals surface area contributed by atoms with Gasteiger partial charge < -0.3 is 14.2 Å². The number of carbonyl (C=O) groups excluding carboxylic acids is 1. The van der Waals surface area contributed by atoms with E-state index in [0.717, 1.165) is 56.3 Å². The minimum atomic E-state index is 0.0990. The molecule has 4 rings (SSSR count). The van der Waals surface area contributed by atoms with Crippen molar-refractivity contribution in [2.45, 2.75) is 25.7 Å². The standard InChI is InChI=1S/C18H22N4O2/c1-13-5-6-17(20-19-13)21-7-3-8-22(10-9-21)18(23)15-12-14(15)16-4-2-11-24-16/h2,4-6,11,14-15H,3,7-10,12H2,1H3/t14-,15+/m0/s1. The molecule has 3 heterocycles. The summed E-state index contributed by atoms with van der Waals surface area (Å²) in [6, 6.07) is 7.85. The molecule has 2 aliphatic rings. The molecular formula is C18H22N4O2. The molecule has 6 nitrogen and oxygen atoms in total. The van der Waals surface area contributed by atoms with Crippen molar-refractivity contribution in [3.8, 4) is 0 Å². The number of hydrogen-bond donors (Lipinski definition) is 0. The lowest BCUT2D eigenvalue weighted by atomic mass is 10.2. The Balaban J connectivity index is 1.36. The van der Waals surface area contributed by atoms with E-state index in [0.29, 0.717) is 0 Å². The van der Waals surface area contributed by atoms with Crippen LogP contribution in [0.5, 0.6) is 0 Å². The van der Waals surface area contributed by atoms with Gasteiger partial charge >= 0.3 is 0 Å². The van der Waals surface area contributed by atoms with Crippen molar-refractivity contribution >= 4 is 11.7 Å². The Morgan fingerprint density at radius 2 is 2.08 bits per heavy atom. The number of aromatic nitrogens is 2. The molecule has 0 aromatic carbocycles. The summed E-state index contributed by atoms with van der Waals surface area (Å²) in [6.07, 6.45) is 3.55. The SMILES string of the molecule is Cc1ccc(N2CCCN(C(=O)[C@@H]3C[C@@H]3c3ccco3)CC2)nn1. The number of amides is 1. The van der Waals surface area contributed by atoms with E-state index in [-0.39, 0.29) is 17.7 Å². The molecule has 1 saturated carbocycles. The highest BCUT2D eigenvalue weighted by Gasteiger charge is 2.47. The molecule has 2 aromatic heterocycles. The van der Waals surface area contributed by atoms with Gasteiger partial charge in [0.15, 0.2) is 5.82 Å². The Morgan fingerprint density at radius 3 is 2.83 bits per heavy atom. The van der Waals surface area contributed by atoms with Gasteiger partial charge in [-0.1, -0.05) is 0 Å². The average Bonchev–Trinajstić information content (AvgIpc) is 3.29. The number of carbonyl (C=O) groups is 1. The summed E-state index contributed by atoms with van der Waals surface area (Å²) in [5, 5.41) is 8.40. The van der Waals surface area contributed by atoms with Crippen molar-refractivity contribution in [1.82, 2.24) is 15.1 Å². The van der Waals surface area contributed by atoms with E-state index < -0.39 is 0 Å². The summed E-state index contributed by atoms with van der Waals surface area (Å²) in [5.41, 5.74) is 0.920. The summed E-state index contributed by atoms with van der Waals surface area (Å²) in [6.45, 7) is 5.21. The highest BCUT2D eigenvalue weighted by molar-refractivity contribution is 5.83. The van der Waals surface area contributed by atoms with Crippen molar-refractivity contribution in [3.63, 3.8) is 0 Å². The zero-order valence-electron chi connectivity index (χ0n) is 13.9. The van der Waals surface area contributed by atoms with Gasteiger partial charge in [0.25, 0.3) is 0 Å². The summed E-state index contributed by atoms with van der Waals surface area (Å²) in [7, 11) is 0. The van der Waals surface area contributed by atoms with Gasteiger partial charge in [-0.2, -0.15) is 5.10 Å². The van der Waals surface area contributed by atoms with Crippen LogP contribution in [0.4, 0.5) is 5.82 Å². The van der Waals surface area contributed by atoms with Crippen LogP contribution in [0, 0.1) is 12.8 Å². The molecule has 6 heteroatoms. The normalized spacial score (nSPS) is 23.9. The molecule has 1 saturated heterocycles. The molecule has 2 fully saturated rings. The van der Waals surface area contributed by atoms with E-state index in [4.69, 9.17) is 4.42 Å². The van der Waals surface area contributed by atoms with Crippen molar-refractivity contribution in [3.05, 3.63) is 42.0 Å². The second-order valence-corrected chi connectivity index (χ2v) is 6.66. The number of rotatable bonds is 3. The van der Waals surface area contributed by atoms with E-state index in [2.05, 4.69) is 15.1 Å². The molecular weight excluding hydrogens is 304 g/mol. The number of nitrogens with zero attached hydrogens (tertiary/aromatic N) is 4. The van der Waals surface area contributed by atoms with Crippen LogP contribution in [0.2, 0.25) is 0 Å². The van der Waals surface area contributed by atoms with Gasteiger partial charge in [-0.25, -0.2) is 0 Å². The maximum Gasteiger partial charge on any atom is 0.226 e. The quantitative estimate of drug-likeness (QED) is 0.865. The van der Waals surface area contributed by atoms with Crippen LogP contribution in [-0.2, 0) is 4.79 Å². The highest BCUT2D eigenvalue weighted by Crippen LogP contribution is 2.48. The number of anilines is 1. The smallest absolute Gasteiger partial charge is 0.226 e. The molecule has 0 spiro atoms. The van der Waals surface area contributed by atoms with Gasteiger partial charge in [0, 0.05) is 38.0 Å². The molecule has 2 atom stereocenters. The second kappa shape index (κ2) is 6.26. The van der Waals surface area contributed by atoms with Crippen LogP contribution in [0.3, 0.4) is 0 Å². The summed E-state index contributed by atoms with van der Waals surface area (Å²) in [4.78, 5) is 17.0. The lowest BCUT2D eigenvalue weighted by Crippen LogP contribution is -2.36. The first kappa shape index (κ1) is 15.2. The van der Waals surface area contributed by atoms with Crippen LogP contribution in [0.1, 0.15) is 30.2 Å². The molecule has 2 aromatic rings. The van der Waals surface area contributed by atoms with Gasteiger partial charge in [-0.15, -0.1) is 5.10 Å². The lowest BCUT2D eigenvalue weighted by molar-refractivity contribution is -0.132. The molecule has 126 valence electrons. The largest absolute Gasteiger partial charge is 0.469 e. The molecule has 1 amide bonds. The molecule has 0 N–H and O–H groups in total. The Hall–Kier alpha value is -2.37. The zero-order valence-corrected chi connectivity index (χ0v) is 13.9. The molecule has 0 radical (unpaired) electrons. The van der Waals surface area contributed by atoms with Gasteiger partial charge in [0.05, 0.1) is 12.0 Å². The highest BCUT2D eigenvalue weighted by atomic mass is 16.3. The van der Waals surface area contributed by atoms with Crippen molar-refractivity contribution in [2.75, 3.05) is 31.1 Å². The fourth-order valence-electron chi connectivity index (χ4n) is 3.45. The predicted octanol–water partition coefficient (Wildman–Crippen LogP) is 2.22. The fraction of sp³-hybridized carbons (Fsp3) is 0.500. The summed E-state index contributed by atoms with van der Waals surface area (Å²) >= 11 is 0. The number of aryl methyl sites for hydroxylation is 1. The zero-order chi connectivity index (χ0) is 16.5. The third-order valence-corrected chi connectivity index (χ3v) is 4.93.